The third-order valence-corrected chi connectivity index (χ3v) is 5.56. The van der Waals surface area contributed by atoms with Crippen molar-refractivity contribution in [3.8, 4) is 0 Å². The van der Waals surface area contributed by atoms with Gasteiger partial charge < -0.3 is 15.4 Å². The molecule has 0 aliphatic heterocycles. The van der Waals surface area contributed by atoms with Gasteiger partial charge in [0.15, 0.2) is 5.82 Å². The molecule has 3 rings (SSSR count). The first kappa shape index (κ1) is 21.1. The van der Waals surface area contributed by atoms with Crippen molar-refractivity contribution in [2.24, 2.45) is 5.14 Å². The second-order valence-corrected chi connectivity index (χ2v) is 8.89. The fraction of sp³-hybridized carbons (Fsp3) is 0.444. The van der Waals surface area contributed by atoms with Crippen LogP contribution >= 0.6 is 0 Å². The van der Waals surface area contributed by atoms with Gasteiger partial charge in [0.05, 0.1) is 0 Å². The zero-order valence-corrected chi connectivity index (χ0v) is 16.9. The highest BCUT2D eigenvalue weighted by Crippen LogP contribution is 2.36. The number of primary sulfonamides is 1. The zero-order valence-electron chi connectivity index (χ0n) is 16.1. The van der Waals surface area contributed by atoms with Crippen LogP contribution in [0.3, 0.4) is 0 Å². The number of rotatable bonds is 6. The van der Waals surface area contributed by atoms with Crippen LogP contribution in [-0.4, -0.2) is 36.9 Å². The number of nitrogens with two attached hydrogens (primary N) is 1. The van der Waals surface area contributed by atoms with E-state index >= 15 is 0 Å². The Morgan fingerprint density at radius 1 is 1.34 bits per heavy atom. The van der Waals surface area contributed by atoms with Gasteiger partial charge in [-0.25, -0.2) is 22.7 Å². The fourth-order valence-electron chi connectivity index (χ4n) is 3.32. The van der Waals surface area contributed by atoms with Crippen molar-refractivity contribution in [2.75, 3.05) is 5.32 Å². The van der Waals surface area contributed by atoms with E-state index in [1.165, 1.54) is 6.07 Å². The van der Waals surface area contributed by atoms with Gasteiger partial charge in [-0.3, -0.25) is 5.10 Å². The third-order valence-electron chi connectivity index (χ3n) is 4.61. The molecular formula is C18H24FN5O4S. The molecule has 29 heavy (non-hydrogen) atoms. The lowest BCUT2D eigenvalue weighted by atomic mass is 10.0. The summed E-state index contributed by atoms with van der Waals surface area (Å²) in [7, 11) is -4.12. The first-order valence-electron chi connectivity index (χ1n) is 9.23. The molecule has 1 aromatic carbocycles. The maximum atomic E-state index is 14.0. The minimum absolute atomic E-state index is 0.0183. The van der Waals surface area contributed by atoms with Gasteiger partial charge in [-0.15, -0.1) is 0 Å². The third kappa shape index (κ3) is 5.45. The van der Waals surface area contributed by atoms with E-state index in [0.29, 0.717) is 17.9 Å². The number of amides is 1. The summed E-state index contributed by atoms with van der Waals surface area (Å²) in [5.41, 5.74) is 1.22. The van der Waals surface area contributed by atoms with Crippen LogP contribution < -0.4 is 15.8 Å². The number of ether oxygens (including phenoxy) is 1. The normalized spacial score (nSPS) is 19.3. The van der Waals surface area contributed by atoms with Crippen LogP contribution in [0.5, 0.6) is 0 Å². The highest BCUT2D eigenvalue weighted by molar-refractivity contribution is 7.89. The molecule has 1 aliphatic rings. The molecule has 0 bridgehead atoms. The average molecular weight is 425 g/mol. The number of anilines is 2. The van der Waals surface area contributed by atoms with Crippen LogP contribution in [0.2, 0.25) is 0 Å². The summed E-state index contributed by atoms with van der Waals surface area (Å²) in [6.07, 6.45) is 1.73. The Morgan fingerprint density at radius 3 is 2.76 bits per heavy atom. The molecule has 2 atom stereocenters. The monoisotopic (exact) mass is 425 g/mol. The molecule has 158 valence electrons. The molecule has 5 N–H and O–H groups in total. The number of halogens is 1. The number of benzene rings is 1. The molecule has 0 radical (unpaired) electrons. The first-order valence-corrected chi connectivity index (χ1v) is 10.8. The predicted molar refractivity (Wildman–Crippen MR) is 105 cm³/mol. The summed E-state index contributed by atoms with van der Waals surface area (Å²) in [4.78, 5) is 11.2. The lowest BCUT2D eigenvalue weighted by molar-refractivity contribution is 0.0981. The second kappa shape index (κ2) is 8.37. The second-order valence-electron chi connectivity index (χ2n) is 7.36. The average Bonchev–Trinajstić information content (AvgIpc) is 3.22. The zero-order chi connectivity index (χ0) is 21.2. The topological polar surface area (TPSA) is 139 Å². The number of aromatic nitrogens is 2. The predicted octanol–water partition coefficient (Wildman–Crippen LogP) is 2.71. The van der Waals surface area contributed by atoms with Crippen LogP contribution in [0.4, 0.5) is 20.7 Å². The molecule has 0 saturated heterocycles. The number of alkyl carbamates (subject to hydrolysis) is 1. The Balaban J connectivity index is 1.60. The molecule has 0 unspecified atom stereocenters. The summed E-state index contributed by atoms with van der Waals surface area (Å²) < 4.78 is 41.9. The van der Waals surface area contributed by atoms with Crippen LogP contribution in [0.25, 0.3) is 0 Å². The molecule has 1 amide bonds. The molecule has 1 saturated carbocycles. The number of carbonyl (C=O) groups excluding carboxylic acids is 1. The summed E-state index contributed by atoms with van der Waals surface area (Å²) in [5.74, 6) is -0.315. The van der Waals surface area contributed by atoms with Gasteiger partial charge in [-0.05, 0) is 51.3 Å². The van der Waals surface area contributed by atoms with Gasteiger partial charge >= 0.3 is 6.09 Å². The summed E-state index contributed by atoms with van der Waals surface area (Å²) >= 11 is 0. The van der Waals surface area contributed by atoms with Gasteiger partial charge in [-0.2, -0.15) is 5.10 Å². The SMILES string of the molecule is CC(C)NC(=O)O[C@@H]1CC[C@H](c2cc(Nc3ccc(S(N)(=O)=O)c(F)c3)n[nH]2)C1. The molecule has 9 nitrogen and oxygen atoms in total. The van der Waals surface area contributed by atoms with E-state index in [-0.39, 0.29) is 18.1 Å². The lowest BCUT2D eigenvalue weighted by Crippen LogP contribution is -2.33. The standard InChI is InChI=1S/C18H24FN5O4S/c1-10(2)21-18(25)28-13-5-3-11(7-13)15-9-17(24-23-15)22-12-4-6-16(14(19)8-12)29(20,26)27/h4,6,8-11,13H,3,5,7H2,1-2H3,(H,21,25)(H2,20,26,27)(H2,22,23,24)/t11-,13+/m0/s1. The number of nitrogens with zero attached hydrogens (tertiary/aromatic N) is 1. The van der Waals surface area contributed by atoms with Crippen LogP contribution in [0, 0.1) is 5.82 Å². The largest absolute Gasteiger partial charge is 0.446 e. The Bertz CT molecular complexity index is 992. The highest BCUT2D eigenvalue weighted by Gasteiger charge is 2.30. The molecule has 1 fully saturated rings. The molecule has 1 aromatic heterocycles. The van der Waals surface area contributed by atoms with Gasteiger partial charge in [0, 0.05) is 29.4 Å². The Morgan fingerprint density at radius 2 is 2.10 bits per heavy atom. The molecule has 2 aromatic rings. The van der Waals surface area contributed by atoms with Crippen LogP contribution in [0.1, 0.15) is 44.7 Å². The van der Waals surface area contributed by atoms with Crippen molar-refractivity contribution >= 4 is 27.6 Å². The van der Waals surface area contributed by atoms with Crippen molar-refractivity contribution in [2.45, 2.75) is 56.1 Å². The van der Waals surface area contributed by atoms with Gasteiger partial charge in [-0.1, -0.05) is 0 Å². The molecule has 1 aliphatic carbocycles. The van der Waals surface area contributed by atoms with E-state index in [9.17, 15) is 17.6 Å². The molecule has 1 heterocycles. The van der Waals surface area contributed by atoms with Crippen LogP contribution in [-0.2, 0) is 14.8 Å². The van der Waals surface area contributed by atoms with E-state index < -0.39 is 26.8 Å². The van der Waals surface area contributed by atoms with Gasteiger partial charge in [0.2, 0.25) is 10.0 Å². The summed E-state index contributed by atoms with van der Waals surface area (Å²) in [6.45, 7) is 3.73. The quantitative estimate of drug-likeness (QED) is 0.561. The summed E-state index contributed by atoms with van der Waals surface area (Å²) in [5, 5.41) is 17.7. The van der Waals surface area contributed by atoms with E-state index in [1.807, 2.05) is 13.8 Å². The Kier molecular flexibility index (Phi) is 6.08. The number of sulfonamides is 1. The summed E-state index contributed by atoms with van der Waals surface area (Å²) in [6, 6.07) is 5.36. The molecule has 0 spiro atoms. The minimum Gasteiger partial charge on any atom is -0.446 e. The Labute approximate surface area is 168 Å². The number of hydrogen-bond donors (Lipinski definition) is 4. The van der Waals surface area contributed by atoms with Crippen molar-refractivity contribution in [1.29, 1.82) is 0 Å². The number of nitrogens with one attached hydrogen (secondary N) is 3. The highest BCUT2D eigenvalue weighted by atomic mass is 32.2. The number of carbonyl (C=O) groups is 1. The van der Waals surface area contributed by atoms with Crippen molar-refractivity contribution < 1.29 is 22.3 Å². The van der Waals surface area contributed by atoms with Crippen molar-refractivity contribution in [3.63, 3.8) is 0 Å². The number of H-pyrrole nitrogens is 1. The fourth-order valence-corrected chi connectivity index (χ4v) is 3.91. The maximum absolute atomic E-state index is 14.0. The van der Waals surface area contributed by atoms with E-state index in [2.05, 4.69) is 20.8 Å². The minimum atomic E-state index is -4.12. The van der Waals surface area contributed by atoms with E-state index in [0.717, 1.165) is 30.7 Å². The smallest absolute Gasteiger partial charge is 0.407 e. The number of aromatic amines is 1. The van der Waals surface area contributed by atoms with E-state index in [4.69, 9.17) is 9.88 Å². The van der Waals surface area contributed by atoms with Crippen molar-refractivity contribution in [1.82, 2.24) is 15.5 Å². The number of hydrogen-bond acceptors (Lipinski definition) is 6. The lowest BCUT2D eigenvalue weighted by Gasteiger charge is -2.14. The van der Waals surface area contributed by atoms with Crippen molar-refractivity contribution in [3.05, 3.63) is 35.8 Å². The van der Waals surface area contributed by atoms with E-state index in [1.54, 1.807) is 6.07 Å². The first-order chi connectivity index (χ1) is 13.6. The maximum Gasteiger partial charge on any atom is 0.407 e. The van der Waals surface area contributed by atoms with Gasteiger partial charge in [0.1, 0.15) is 16.8 Å². The van der Waals surface area contributed by atoms with Gasteiger partial charge in [0.25, 0.3) is 0 Å². The molecular weight excluding hydrogens is 401 g/mol. The van der Waals surface area contributed by atoms with Crippen LogP contribution in [0.15, 0.2) is 29.2 Å². The molecule has 11 heteroatoms. The Hall–Kier alpha value is -2.66.